The first kappa shape index (κ1) is 16.7. The number of benzene rings is 1. The van der Waals surface area contributed by atoms with Crippen LogP contribution in [0.2, 0.25) is 0 Å². The molecule has 1 aromatic heterocycles. The smallest absolute Gasteiger partial charge is 0.223 e. The number of carbonyl (C=O) groups excluding carboxylic acids is 1. The Kier molecular flexibility index (Phi) is 4.35. The number of likely N-dealkylation sites (tertiary alicyclic amines) is 2. The second-order valence-corrected chi connectivity index (χ2v) is 7.91. The van der Waals surface area contributed by atoms with Gasteiger partial charge in [0.2, 0.25) is 5.91 Å². The van der Waals surface area contributed by atoms with Crippen molar-refractivity contribution in [2.75, 3.05) is 19.7 Å². The number of rotatable bonds is 5. The molecule has 1 spiro atoms. The molecule has 1 N–H and O–H groups in total. The summed E-state index contributed by atoms with van der Waals surface area (Å²) in [5.74, 6) is 0.335. The molecule has 2 aromatic rings. The molecule has 4 rings (SSSR count). The van der Waals surface area contributed by atoms with Crippen LogP contribution < -0.4 is 0 Å². The van der Waals surface area contributed by atoms with Crippen molar-refractivity contribution in [3.8, 4) is 0 Å². The Morgan fingerprint density at radius 3 is 2.72 bits per heavy atom. The van der Waals surface area contributed by atoms with Crippen molar-refractivity contribution in [2.45, 2.75) is 37.4 Å². The SMILES string of the molecule is CCC(=O)N1[C@@H](CO)[C@@H](c2ccccc2)C12CN(Cc1nccs1)C2. The lowest BCUT2D eigenvalue weighted by Crippen LogP contribution is -2.85. The second-order valence-electron chi connectivity index (χ2n) is 6.93. The van der Waals surface area contributed by atoms with E-state index in [-0.39, 0.29) is 30.0 Å². The highest BCUT2D eigenvalue weighted by molar-refractivity contribution is 7.09. The third-order valence-electron chi connectivity index (χ3n) is 5.53. The molecule has 3 heterocycles. The molecule has 0 aliphatic carbocycles. The van der Waals surface area contributed by atoms with Crippen LogP contribution in [0.4, 0.5) is 0 Å². The lowest BCUT2D eigenvalue weighted by atomic mass is 9.60. The van der Waals surface area contributed by atoms with Crippen molar-refractivity contribution >= 4 is 17.2 Å². The number of thiazole rings is 1. The summed E-state index contributed by atoms with van der Waals surface area (Å²) in [6.45, 7) is 4.42. The Morgan fingerprint density at radius 2 is 2.12 bits per heavy atom. The number of hydrogen-bond acceptors (Lipinski definition) is 5. The lowest BCUT2D eigenvalue weighted by Gasteiger charge is -2.70. The van der Waals surface area contributed by atoms with Gasteiger partial charge >= 0.3 is 0 Å². The fraction of sp³-hybridized carbons (Fsp3) is 0.474. The molecule has 0 radical (unpaired) electrons. The number of aliphatic hydroxyl groups is 1. The van der Waals surface area contributed by atoms with Gasteiger partial charge < -0.3 is 10.0 Å². The summed E-state index contributed by atoms with van der Waals surface area (Å²) in [7, 11) is 0. The molecule has 25 heavy (non-hydrogen) atoms. The van der Waals surface area contributed by atoms with Gasteiger partial charge in [0, 0.05) is 37.0 Å². The van der Waals surface area contributed by atoms with E-state index in [1.807, 2.05) is 41.6 Å². The topological polar surface area (TPSA) is 56.7 Å². The Bertz CT molecular complexity index is 728. The summed E-state index contributed by atoms with van der Waals surface area (Å²) >= 11 is 1.67. The van der Waals surface area contributed by atoms with Gasteiger partial charge in [0.1, 0.15) is 5.01 Å². The third-order valence-corrected chi connectivity index (χ3v) is 6.29. The highest BCUT2D eigenvalue weighted by Gasteiger charge is 2.66. The van der Waals surface area contributed by atoms with Gasteiger partial charge in [-0.15, -0.1) is 11.3 Å². The van der Waals surface area contributed by atoms with Gasteiger partial charge in [-0.3, -0.25) is 9.69 Å². The van der Waals surface area contributed by atoms with Crippen LogP contribution in [-0.4, -0.2) is 57.1 Å². The molecular formula is C19H23N3O2S. The van der Waals surface area contributed by atoms with Gasteiger partial charge in [-0.25, -0.2) is 4.98 Å². The monoisotopic (exact) mass is 357 g/mol. The molecule has 132 valence electrons. The van der Waals surface area contributed by atoms with E-state index in [4.69, 9.17) is 0 Å². The van der Waals surface area contributed by atoms with Crippen molar-refractivity contribution in [1.29, 1.82) is 0 Å². The highest BCUT2D eigenvalue weighted by Crippen LogP contribution is 2.54. The molecule has 0 bridgehead atoms. The van der Waals surface area contributed by atoms with E-state index < -0.39 is 0 Å². The summed E-state index contributed by atoms with van der Waals surface area (Å²) < 4.78 is 0. The Morgan fingerprint density at radius 1 is 1.36 bits per heavy atom. The van der Waals surface area contributed by atoms with Crippen molar-refractivity contribution in [1.82, 2.24) is 14.8 Å². The first-order valence-electron chi connectivity index (χ1n) is 8.78. The zero-order valence-electron chi connectivity index (χ0n) is 14.3. The van der Waals surface area contributed by atoms with E-state index in [1.54, 1.807) is 11.3 Å². The van der Waals surface area contributed by atoms with Gasteiger partial charge in [0.15, 0.2) is 0 Å². The molecule has 6 heteroatoms. The molecule has 0 saturated carbocycles. The Labute approximate surface area is 151 Å². The van der Waals surface area contributed by atoms with Crippen LogP contribution in [0.5, 0.6) is 0 Å². The number of amides is 1. The van der Waals surface area contributed by atoms with E-state index in [2.05, 4.69) is 22.0 Å². The van der Waals surface area contributed by atoms with Gasteiger partial charge in [-0.1, -0.05) is 37.3 Å². The van der Waals surface area contributed by atoms with Crippen LogP contribution in [0, 0.1) is 0 Å². The van der Waals surface area contributed by atoms with Crippen LogP contribution in [0.3, 0.4) is 0 Å². The normalized spacial score (nSPS) is 24.8. The summed E-state index contributed by atoms with van der Waals surface area (Å²) in [5.41, 5.74) is 1.04. The largest absolute Gasteiger partial charge is 0.394 e. The minimum absolute atomic E-state index is 0.0134. The van der Waals surface area contributed by atoms with Crippen LogP contribution in [0.25, 0.3) is 0 Å². The number of carbonyl (C=O) groups is 1. The Balaban J connectivity index is 1.59. The van der Waals surface area contributed by atoms with Gasteiger partial charge in [0.05, 0.1) is 24.7 Å². The van der Waals surface area contributed by atoms with E-state index >= 15 is 0 Å². The molecule has 5 nitrogen and oxygen atoms in total. The van der Waals surface area contributed by atoms with E-state index in [1.165, 1.54) is 5.56 Å². The average Bonchev–Trinajstić information content (AvgIpc) is 3.10. The van der Waals surface area contributed by atoms with Gasteiger partial charge in [0.25, 0.3) is 0 Å². The molecule has 2 saturated heterocycles. The minimum atomic E-state index is -0.181. The van der Waals surface area contributed by atoms with E-state index in [9.17, 15) is 9.90 Å². The van der Waals surface area contributed by atoms with Gasteiger partial charge in [-0.2, -0.15) is 0 Å². The molecule has 2 atom stereocenters. The molecule has 1 aromatic carbocycles. The summed E-state index contributed by atoms with van der Waals surface area (Å²) in [6.07, 6.45) is 2.31. The maximum Gasteiger partial charge on any atom is 0.223 e. The standard InChI is InChI=1S/C19H23N3O2S/c1-2-17(24)22-15(11-23)18(14-6-4-3-5-7-14)19(22)12-21(13-19)10-16-20-8-9-25-16/h3-9,15,18,23H,2,10-13H2,1H3/t15-,18+/m0/s1. The maximum absolute atomic E-state index is 12.6. The van der Waals surface area contributed by atoms with Gasteiger partial charge in [-0.05, 0) is 5.56 Å². The zero-order valence-corrected chi connectivity index (χ0v) is 15.2. The number of aromatic nitrogens is 1. The van der Waals surface area contributed by atoms with E-state index in [0.29, 0.717) is 6.42 Å². The number of nitrogens with zero attached hydrogens (tertiary/aromatic N) is 3. The molecular weight excluding hydrogens is 334 g/mol. The van der Waals surface area contributed by atoms with Crippen LogP contribution in [0.1, 0.15) is 29.8 Å². The number of aliphatic hydroxyl groups excluding tert-OH is 1. The first-order valence-corrected chi connectivity index (χ1v) is 9.66. The molecule has 0 unspecified atom stereocenters. The number of hydrogen-bond donors (Lipinski definition) is 1. The van der Waals surface area contributed by atoms with Crippen LogP contribution in [-0.2, 0) is 11.3 Å². The summed E-state index contributed by atoms with van der Waals surface area (Å²) in [4.78, 5) is 21.2. The van der Waals surface area contributed by atoms with Crippen molar-refractivity contribution < 1.29 is 9.90 Å². The average molecular weight is 357 g/mol. The fourth-order valence-corrected chi connectivity index (χ4v) is 5.26. The molecule has 1 amide bonds. The molecule has 2 aliphatic rings. The predicted molar refractivity (Wildman–Crippen MR) is 97.3 cm³/mol. The van der Waals surface area contributed by atoms with Crippen LogP contribution >= 0.6 is 11.3 Å². The summed E-state index contributed by atoms with van der Waals surface area (Å²) in [5, 5.41) is 13.0. The fourth-order valence-electron chi connectivity index (χ4n) is 4.60. The van der Waals surface area contributed by atoms with E-state index in [0.717, 1.165) is 24.6 Å². The quantitative estimate of drug-likeness (QED) is 0.890. The maximum atomic E-state index is 12.6. The molecule has 2 aliphatic heterocycles. The summed E-state index contributed by atoms with van der Waals surface area (Å²) in [6, 6.07) is 10.2. The van der Waals surface area contributed by atoms with Crippen molar-refractivity contribution in [3.05, 3.63) is 52.5 Å². The van der Waals surface area contributed by atoms with Crippen molar-refractivity contribution in [2.24, 2.45) is 0 Å². The van der Waals surface area contributed by atoms with Crippen LogP contribution in [0.15, 0.2) is 41.9 Å². The van der Waals surface area contributed by atoms with Crippen molar-refractivity contribution in [3.63, 3.8) is 0 Å². The Hall–Kier alpha value is -1.76. The minimum Gasteiger partial charge on any atom is -0.394 e. The first-order chi connectivity index (χ1) is 12.2. The second kappa shape index (κ2) is 6.52. The zero-order chi connectivity index (χ0) is 17.4. The third kappa shape index (κ3) is 2.60. The lowest BCUT2D eigenvalue weighted by molar-refractivity contribution is -0.201. The highest BCUT2D eigenvalue weighted by atomic mass is 32.1. The molecule has 2 fully saturated rings. The predicted octanol–water partition coefficient (Wildman–Crippen LogP) is 2.09.